The average Bonchev–Trinajstić information content (AvgIpc) is 2.31. The third-order valence-electron chi connectivity index (χ3n) is 3.33. The van der Waals surface area contributed by atoms with Crippen LogP contribution >= 0.6 is 0 Å². The predicted octanol–water partition coefficient (Wildman–Crippen LogP) is 2.01. The first-order valence-corrected chi connectivity index (χ1v) is 6.17. The van der Waals surface area contributed by atoms with Gasteiger partial charge in [-0.15, -0.1) is 0 Å². The van der Waals surface area contributed by atoms with Crippen LogP contribution in [0.3, 0.4) is 0 Å². The van der Waals surface area contributed by atoms with Gasteiger partial charge in [-0.3, -0.25) is 9.80 Å². The lowest BCUT2D eigenvalue weighted by molar-refractivity contribution is 0.104. The Morgan fingerprint density at radius 3 is 2.31 bits per heavy atom. The Balaban J connectivity index is 1.82. The molecular weight excluding hydrogens is 196 g/mol. The van der Waals surface area contributed by atoms with Crippen molar-refractivity contribution in [3.63, 3.8) is 0 Å². The zero-order chi connectivity index (χ0) is 11.4. The topological polar surface area (TPSA) is 6.48 Å². The van der Waals surface area contributed by atoms with Crippen molar-refractivity contribution in [1.82, 2.24) is 9.80 Å². The van der Waals surface area contributed by atoms with Crippen LogP contribution in [0.2, 0.25) is 0 Å². The number of benzene rings is 1. The fourth-order valence-corrected chi connectivity index (χ4v) is 2.22. The molecule has 1 aliphatic heterocycles. The zero-order valence-corrected chi connectivity index (χ0v) is 10.3. The molecule has 0 aliphatic carbocycles. The molecule has 1 radical (unpaired) electrons. The van der Waals surface area contributed by atoms with Gasteiger partial charge >= 0.3 is 0 Å². The van der Waals surface area contributed by atoms with Crippen LogP contribution in [0.25, 0.3) is 0 Å². The number of nitrogens with zero attached hydrogens (tertiary/aromatic N) is 2. The number of piperazine rings is 1. The minimum absolute atomic E-state index is 0.688. The van der Waals surface area contributed by atoms with Crippen LogP contribution in [0.5, 0.6) is 0 Å². The van der Waals surface area contributed by atoms with E-state index in [1.807, 2.05) is 12.1 Å². The quantitative estimate of drug-likeness (QED) is 0.764. The van der Waals surface area contributed by atoms with E-state index in [0.717, 1.165) is 6.54 Å². The summed E-state index contributed by atoms with van der Waals surface area (Å²) in [5.74, 6) is 0. The van der Waals surface area contributed by atoms with E-state index in [2.05, 4.69) is 41.8 Å². The van der Waals surface area contributed by atoms with Crippen molar-refractivity contribution in [1.29, 1.82) is 0 Å². The SMILES string of the molecule is CC(C)N1CCN(Cc2cc[c]cc2)CC1. The molecule has 0 saturated carbocycles. The molecule has 16 heavy (non-hydrogen) atoms. The summed E-state index contributed by atoms with van der Waals surface area (Å²) in [6, 6.07) is 12.1. The van der Waals surface area contributed by atoms with Crippen LogP contribution in [0.15, 0.2) is 24.3 Å². The van der Waals surface area contributed by atoms with Gasteiger partial charge in [0.15, 0.2) is 0 Å². The summed E-state index contributed by atoms with van der Waals surface area (Å²) in [6.45, 7) is 10.4. The lowest BCUT2D eigenvalue weighted by Gasteiger charge is -2.36. The summed E-state index contributed by atoms with van der Waals surface area (Å²) >= 11 is 0. The van der Waals surface area contributed by atoms with E-state index in [0.29, 0.717) is 6.04 Å². The second kappa shape index (κ2) is 5.46. The smallest absolute Gasteiger partial charge is 0.0234 e. The molecule has 0 unspecified atom stereocenters. The highest BCUT2D eigenvalue weighted by Crippen LogP contribution is 2.09. The van der Waals surface area contributed by atoms with Gasteiger partial charge < -0.3 is 0 Å². The Hall–Kier alpha value is -0.860. The van der Waals surface area contributed by atoms with Crippen molar-refractivity contribution >= 4 is 0 Å². The fourth-order valence-electron chi connectivity index (χ4n) is 2.22. The Morgan fingerprint density at radius 1 is 1.12 bits per heavy atom. The van der Waals surface area contributed by atoms with Gasteiger partial charge in [0.05, 0.1) is 0 Å². The first-order valence-electron chi connectivity index (χ1n) is 6.17. The molecule has 2 heteroatoms. The average molecular weight is 217 g/mol. The normalized spacial score (nSPS) is 19.2. The van der Waals surface area contributed by atoms with E-state index in [9.17, 15) is 0 Å². The highest BCUT2D eigenvalue weighted by Gasteiger charge is 2.18. The molecule has 2 nitrogen and oxygen atoms in total. The predicted molar refractivity (Wildman–Crippen MR) is 67.3 cm³/mol. The summed E-state index contributed by atoms with van der Waals surface area (Å²) in [5, 5.41) is 0. The Morgan fingerprint density at radius 2 is 1.75 bits per heavy atom. The maximum atomic E-state index is 3.07. The second-order valence-electron chi connectivity index (χ2n) is 4.81. The van der Waals surface area contributed by atoms with Crippen LogP contribution in [0.1, 0.15) is 19.4 Å². The molecule has 1 aliphatic rings. The van der Waals surface area contributed by atoms with E-state index in [4.69, 9.17) is 0 Å². The summed E-state index contributed by atoms with van der Waals surface area (Å²) in [5.41, 5.74) is 1.40. The van der Waals surface area contributed by atoms with E-state index in [-0.39, 0.29) is 0 Å². The molecule has 1 aromatic rings. The largest absolute Gasteiger partial charge is 0.298 e. The van der Waals surface area contributed by atoms with Gasteiger partial charge in [0.1, 0.15) is 0 Å². The Labute approximate surface area is 98.9 Å². The first-order chi connectivity index (χ1) is 7.75. The molecule has 1 heterocycles. The van der Waals surface area contributed by atoms with E-state index >= 15 is 0 Å². The fraction of sp³-hybridized carbons (Fsp3) is 0.571. The van der Waals surface area contributed by atoms with Crippen LogP contribution in [0.4, 0.5) is 0 Å². The molecule has 1 saturated heterocycles. The van der Waals surface area contributed by atoms with Gasteiger partial charge in [0.2, 0.25) is 0 Å². The monoisotopic (exact) mass is 217 g/mol. The summed E-state index contributed by atoms with van der Waals surface area (Å²) < 4.78 is 0. The molecule has 1 fully saturated rings. The van der Waals surface area contributed by atoms with E-state index < -0.39 is 0 Å². The summed E-state index contributed by atoms with van der Waals surface area (Å²) in [6.07, 6.45) is 0. The van der Waals surface area contributed by atoms with Crippen molar-refractivity contribution in [3.05, 3.63) is 35.9 Å². The van der Waals surface area contributed by atoms with Crippen LogP contribution in [-0.4, -0.2) is 42.0 Å². The standard InChI is InChI=1S/C14H21N2/c1-13(2)16-10-8-15(9-11-16)12-14-6-4-3-5-7-14/h4-7,13H,8-12H2,1-2H3. The molecule has 0 spiro atoms. The number of hydrogen-bond acceptors (Lipinski definition) is 2. The van der Waals surface area contributed by atoms with Gasteiger partial charge in [0.25, 0.3) is 0 Å². The molecule has 2 rings (SSSR count). The number of rotatable bonds is 3. The van der Waals surface area contributed by atoms with Gasteiger partial charge in [-0.05, 0) is 25.5 Å². The third kappa shape index (κ3) is 3.06. The van der Waals surface area contributed by atoms with Crippen LogP contribution in [-0.2, 0) is 6.54 Å². The number of hydrogen-bond donors (Lipinski definition) is 0. The molecule has 0 atom stereocenters. The maximum absolute atomic E-state index is 3.07. The first kappa shape index (κ1) is 11.6. The van der Waals surface area contributed by atoms with Crippen molar-refractivity contribution in [2.75, 3.05) is 26.2 Å². The second-order valence-corrected chi connectivity index (χ2v) is 4.81. The highest BCUT2D eigenvalue weighted by atomic mass is 15.3. The van der Waals surface area contributed by atoms with E-state index in [1.54, 1.807) is 0 Å². The highest BCUT2D eigenvalue weighted by molar-refractivity contribution is 5.13. The van der Waals surface area contributed by atoms with Crippen molar-refractivity contribution < 1.29 is 0 Å². The maximum Gasteiger partial charge on any atom is 0.0234 e. The molecule has 0 amide bonds. The zero-order valence-electron chi connectivity index (χ0n) is 10.3. The van der Waals surface area contributed by atoms with Gasteiger partial charge in [-0.1, -0.05) is 24.3 Å². The minimum Gasteiger partial charge on any atom is -0.298 e. The van der Waals surface area contributed by atoms with E-state index in [1.165, 1.54) is 31.7 Å². The van der Waals surface area contributed by atoms with Crippen LogP contribution in [0, 0.1) is 6.07 Å². The molecule has 0 aromatic heterocycles. The lowest BCUT2D eigenvalue weighted by Crippen LogP contribution is -2.48. The summed E-state index contributed by atoms with van der Waals surface area (Å²) in [4.78, 5) is 5.09. The third-order valence-corrected chi connectivity index (χ3v) is 3.33. The molecule has 0 N–H and O–H groups in total. The molecule has 1 aromatic carbocycles. The minimum atomic E-state index is 0.688. The van der Waals surface area contributed by atoms with Crippen LogP contribution < -0.4 is 0 Å². The van der Waals surface area contributed by atoms with Crippen molar-refractivity contribution in [2.24, 2.45) is 0 Å². The van der Waals surface area contributed by atoms with Crippen molar-refractivity contribution in [2.45, 2.75) is 26.4 Å². The van der Waals surface area contributed by atoms with Gasteiger partial charge in [-0.2, -0.15) is 0 Å². The lowest BCUT2D eigenvalue weighted by atomic mass is 10.2. The molecule has 87 valence electrons. The molecule has 0 bridgehead atoms. The van der Waals surface area contributed by atoms with Gasteiger partial charge in [0, 0.05) is 38.8 Å². The van der Waals surface area contributed by atoms with Gasteiger partial charge in [-0.25, -0.2) is 0 Å². The van der Waals surface area contributed by atoms with Crippen molar-refractivity contribution in [3.8, 4) is 0 Å². The summed E-state index contributed by atoms with van der Waals surface area (Å²) in [7, 11) is 0. The molecular formula is C14H21N2. The Bertz CT molecular complexity index is 300. The Kier molecular flexibility index (Phi) is 3.97.